The largest absolute Gasteiger partial charge is 0.497 e. The van der Waals surface area contributed by atoms with Crippen LogP contribution in [0, 0.1) is 0 Å². The normalized spacial score (nSPS) is 16.9. The van der Waals surface area contributed by atoms with Gasteiger partial charge in [0.2, 0.25) is 5.91 Å². The zero-order chi connectivity index (χ0) is 35.0. The Morgan fingerprint density at radius 3 is 2.18 bits per heavy atom. The molecule has 2 aromatic carbocycles. The summed E-state index contributed by atoms with van der Waals surface area (Å²) in [6.45, 7) is 3.24. The molecule has 260 valence electrons. The molecule has 0 saturated carbocycles. The highest BCUT2D eigenvalue weighted by molar-refractivity contribution is 6.08. The molecule has 4 heterocycles. The molecule has 0 N–H and O–H groups in total. The van der Waals surface area contributed by atoms with E-state index in [0.717, 1.165) is 30.6 Å². The van der Waals surface area contributed by atoms with E-state index >= 15 is 0 Å². The Balaban J connectivity index is 1.31. The van der Waals surface area contributed by atoms with Gasteiger partial charge in [-0.2, -0.15) is 18.3 Å². The summed E-state index contributed by atoms with van der Waals surface area (Å²) in [5, 5.41) is 3.93. The van der Waals surface area contributed by atoms with E-state index in [9.17, 15) is 32.3 Å². The monoisotopic (exact) mass is 681 g/mol. The van der Waals surface area contributed by atoms with Gasteiger partial charge in [-0.1, -0.05) is 0 Å². The number of methoxy groups -OCH3 is 1. The Bertz CT molecular complexity index is 1760. The van der Waals surface area contributed by atoms with Crippen molar-refractivity contribution in [2.75, 3.05) is 78.5 Å². The standard InChI is InChI=1S/C34H38F3N7O5/c1-39(2)31(46)22-6-8-23(9-7-22)43-15-12-25-29(33(43)48)44(38-30(25)34(35,36)37)27-11-10-24(49-3)20-26(27)32(47)42-18-16-40(17-19-42)21-28(45)41-13-4-5-14-41/h6-11,20H,4-5,12-19,21H2,1-3H3. The molecule has 49 heavy (non-hydrogen) atoms. The first-order valence-corrected chi connectivity index (χ1v) is 16.2. The second-order valence-electron chi connectivity index (χ2n) is 12.6. The Kier molecular flexibility index (Phi) is 9.38. The molecule has 3 aliphatic rings. The van der Waals surface area contributed by atoms with Gasteiger partial charge in [-0.15, -0.1) is 0 Å². The molecule has 12 nitrogen and oxygen atoms in total. The van der Waals surface area contributed by atoms with Crippen LogP contribution in [0.5, 0.6) is 5.75 Å². The van der Waals surface area contributed by atoms with E-state index in [2.05, 4.69) is 5.10 Å². The number of benzene rings is 2. The third kappa shape index (κ3) is 6.71. The molecule has 15 heteroatoms. The van der Waals surface area contributed by atoms with Gasteiger partial charge in [0.15, 0.2) is 5.69 Å². The van der Waals surface area contributed by atoms with E-state index < -0.39 is 23.7 Å². The second kappa shape index (κ2) is 13.5. The van der Waals surface area contributed by atoms with Crippen molar-refractivity contribution in [1.82, 2.24) is 29.4 Å². The molecule has 6 rings (SSSR count). The van der Waals surface area contributed by atoms with Crippen LogP contribution in [-0.2, 0) is 17.4 Å². The third-order valence-corrected chi connectivity index (χ3v) is 9.26. The number of alkyl halides is 3. The number of piperazine rings is 1. The quantitative estimate of drug-likeness (QED) is 0.377. The minimum absolute atomic E-state index is 0.00585. The van der Waals surface area contributed by atoms with Gasteiger partial charge in [0.25, 0.3) is 17.7 Å². The maximum atomic E-state index is 14.4. The summed E-state index contributed by atoms with van der Waals surface area (Å²) < 4.78 is 49.4. The van der Waals surface area contributed by atoms with Gasteiger partial charge in [-0.25, -0.2) is 4.68 Å². The number of hydrogen-bond acceptors (Lipinski definition) is 7. The molecule has 2 saturated heterocycles. The first-order chi connectivity index (χ1) is 23.4. The number of nitrogens with zero attached hydrogens (tertiary/aromatic N) is 7. The molecule has 0 unspecified atom stereocenters. The van der Waals surface area contributed by atoms with E-state index in [1.165, 1.54) is 35.1 Å². The summed E-state index contributed by atoms with van der Waals surface area (Å²) in [4.78, 5) is 61.4. The van der Waals surface area contributed by atoms with E-state index in [4.69, 9.17) is 4.74 Å². The molecule has 0 bridgehead atoms. The zero-order valence-electron chi connectivity index (χ0n) is 27.6. The van der Waals surface area contributed by atoms with Crippen LogP contribution in [-0.4, -0.2) is 127 Å². The fraction of sp³-hybridized carbons (Fsp3) is 0.441. The highest BCUT2D eigenvalue weighted by Gasteiger charge is 2.44. The molecule has 3 aliphatic heterocycles. The summed E-state index contributed by atoms with van der Waals surface area (Å²) in [6.07, 6.45) is -3.00. The number of aromatic nitrogens is 2. The minimum Gasteiger partial charge on any atom is -0.497 e. The molecular formula is C34H38F3N7O5. The maximum absolute atomic E-state index is 14.4. The Labute approximate surface area is 281 Å². The van der Waals surface area contributed by atoms with Crippen LogP contribution < -0.4 is 9.64 Å². The number of rotatable bonds is 7. The molecule has 0 spiro atoms. The zero-order valence-corrected chi connectivity index (χ0v) is 27.6. The first kappa shape index (κ1) is 34.0. The van der Waals surface area contributed by atoms with Gasteiger partial charge < -0.3 is 24.3 Å². The number of hydrogen-bond donors (Lipinski definition) is 0. The predicted octanol–water partition coefficient (Wildman–Crippen LogP) is 3.18. The molecule has 1 aromatic heterocycles. The highest BCUT2D eigenvalue weighted by Crippen LogP contribution is 2.38. The number of halogens is 3. The number of fused-ring (bicyclic) bond motifs is 1. The summed E-state index contributed by atoms with van der Waals surface area (Å²) in [5.41, 5.74) is -0.908. The molecule has 0 atom stereocenters. The lowest BCUT2D eigenvalue weighted by molar-refractivity contribution is -0.142. The van der Waals surface area contributed by atoms with Gasteiger partial charge >= 0.3 is 6.18 Å². The third-order valence-electron chi connectivity index (χ3n) is 9.26. The van der Waals surface area contributed by atoms with Crippen LogP contribution in [0.3, 0.4) is 0 Å². The van der Waals surface area contributed by atoms with Crippen molar-refractivity contribution in [3.05, 3.63) is 70.5 Å². The van der Waals surface area contributed by atoms with Crippen molar-refractivity contribution >= 4 is 29.3 Å². The van der Waals surface area contributed by atoms with Crippen LogP contribution in [0.2, 0.25) is 0 Å². The predicted molar refractivity (Wildman–Crippen MR) is 173 cm³/mol. The van der Waals surface area contributed by atoms with Crippen molar-refractivity contribution in [2.45, 2.75) is 25.4 Å². The Hall–Kier alpha value is -4.92. The van der Waals surface area contributed by atoms with Gasteiger partial charge in [-0.05, 0) is 61.7 Å². The van der Waals surface area contributed by atoms with Crippen LogP contribution >= 0.6 is 0 Å². The number of amides is 4. The smallest absolute Gasteiger partial charge is 0.435 e. The average molecular weight is 682 g/mol. The topological polar surface area (TPSA) is 112 Å². The lowest BCUT2D eigenvalue weighted by Gasteiger charge is -2.35. The van der Waals surface area contributed by atoms with Gasteiger partial charge in [0, 0.05) is 76.7 Å². The molecule has 3 aromatic rings. The fourth-order valence-corrected chi connectivity index (χ4v) is 6.59. The van der Waals surface area contributed by atoms with Gasteiger partial charge in [0.1, 0.15) is 11.4 Å². The molecule has 2 fully saturated rings. The van der Waals surface area contributed by atoms with Gasteiger partial charge in [0.05, 0.1) is 24.9 Å². The fourth-order valence-electron chi connectivity index (χ4n) is 6.59. The van der Waals surface area contributed by atoms with Crippen molar-refractivity contribution in [2.24, 2.45) is 0 Å². The van der Waals surface area contributed by atoms with Crippen LogP contribution in [0.15, 0.2) is 42.5 Å². The van der Waals surface area contributed by atoms with Gasteiger partial charge in [-0.3, -0.25) is 24.1 Å². The summed E-state index contributed by atoms with van der Waals surface area (Å²) in [7, 11) is 4.64. The van der Waals surface area contributed by atoms with E-state index in [1.807, 2.05) is 9.80 Å². The van der Waals surface area contributed by atoms with Crippen LogP contribution in [0.1, 0.15) is 55.3 Å². The Morgan fingerprint density at radius 2 is 1.57 bits per heavy atom. The van der Waals surface area contributed by atoms with Crippen molar-refractivity contribution in [1.29, 1.82) is 0 Å². The molecule has 0 aliphatic carbocycles. The number of likely N-dealkylation sites (tertiary alicyclic amines) is 1. The minimum atomic E-state index is -4.86. The number of ether oxygens (including phenoxy) is 1. The van der Waals surface area contributed by atoms with Crippen molar-refractivity contribution in [3.8, 4) is 11.4 Å². The van der Waals surface area contributed by atoms with E-state index in [1.54, 1.807) is 43.3 Å². The molecule has 0 radical (unpaired) electrons. The first-order valence-electron chi connectivity index (χ1n) is 16.2. The van der Waals surface area contributed by atoms with E-state index in [-0.39, 0.29) is 53.8 Å². The molecular weight excluding hydrogens is 643 g/mol. The van der Waals surface area contributed by atoms with Crippen molar-refractivity contribution in [3.63, 3.8) is 0 Å². The summed E-state index contributed by atoms with van der Waals surface area (Å²) in [6, 6.07) is 10.6. The van der Waals surface area contributed by atoms with E-state index in [0.29, 0.717) is 43.2 Å². The SMILES string of the molecule is COc1ccc(-n2nc(C(F)(F)F)c3c2C(=O)N(c2ccc(C(=O)N(C)C)cc2)CC3)c(C(=O)N2CCN(CC(=O)N3CCCC3)CC2)c1. The molecule has 4 amide bonds. The van der Waals surface area contributed by atoms with Crippen LogP contribution in [0.25, 0.3) is 5.69 Å². The lowest BCUT2D eigenvalue weighted by atomic mass is 10.0. The lowest BCUT2D eigenvalue weighted by Crippen LogP contribution is -2.51. The summed E-state index contributed by atoms with van der Waals surface area (Å²) in [5.74, 6) is -1.05. The number of carbonyl (C=O) groups is 4. The van der Waals surface area contributed by atoms with Crippen LogP contribution in [0.4, 0.5) is 18.9 Å². The summed E-state index contributed by atoms with van der Waals surface area (Å²) >= 11 is 0. The highest BCUT2D eigenvalue weighted by atomic mass is 19.4. The van der Waals surface area contributed by atoms with Crippen molar-refractivity contribution < 1.29 is 37.1 Å². The maximum Gasteiger partial charge on any atom is 0.435 e. The second-order valence-corrected chi connectivity index (χ2v) is 12.6. The average Bonchev–Trinajstić information content (AvgIpc) is 3.78. The number of anilines is 1. The Morgan fingerprint density at radius 1 is 0.898 bits per heavy atom. The number of carbonyl (C=O) groups excluding carboxylic acids is 4.